The molecule has 2 aliphatic heterocycles. The lowest BCUT2D eigenvalue weighted by Gasteiger charge is -2.37. The largest absolute Gasteiger partial charge is 0.381 e. The van der Waals surface area contributed by atoms with E-state index in [2.05, 4.69) is 36.0 Å². The average Bonchev–Trinajstić information content (AvgIpc) is 3.27. The van der Waals surface area contributed by atoms with Crippen molar-refractivity contribution in [3.8, 4) is 0 Å². The molecule has 2 saturated heterocycles. The van der Waals surface area contributed by atoms with Crippen molar-refractivity contribution < 1.29 is 14.3 Å². The third kappa shape index (κ3) is 4.78. The van der Waals surface area contributed by atoms with Crippen molar-refractivity contribution in [1.29, 1.82) is 0 Å². The molecule has 0 radical (unpaired) electrons. The molecule has 0 aliphatic carbocycles. The zero-order valence-electron chi connectivity index (χ0n) is 15.4. The van der Waals surface area contributed by atoms with E-state index in [0.29, 0.717) is 23.4 Å². The van der Waals surface area contributed by atoms with Crippen molar-refractivity contribution >= 4 is 17.2 Å². The molecule has 0 saturated carbocycles. The van der Waals surface area contributed by atoms with Crippen LogP contribution in [0.2, 0.25) is 0 Å². The van der Waals surface area contributed by atoms with Crippen LogP contribution in [0.5, 0.6) is 0 Å². The van der Waals surface area contributed by atoms with Gasteiger partial charge in [-0.05, 0) is 6.42 Å². The fourth-order valence-electron chi connectivity index (χ4n) is 3.37. The van der Waals surface area contributed by atoms with Gasteiger partial charge in [0.25, 0.3) is 5.91 Å². The van der Waals surface area contributed by atoms with Gasteiger partial charge in [-0.3, -0.25) is 9.69 Å². The van der Waals surface area contributed by atoms with Gasteiger partial charge in [-0.25, -0.2) is 4.98 Å². The van der Waals surface area contributed by atoms with Gasteiger partial charge >= 0.3 is 0 Å². The summed E-state index contributed by atoms with van der Waals surface area (Å²) in [4.78, 5) is 20.1. The Kier molecular flexibility index (Phi) is 6.09. The maximum absolute atomic E-state index is 12.6. The van der Waals surface area contributed by atoms with Crippen LogP contribution >= 0.6 is 11.3 Å². The first-order valence-electron chi connectivity index (χ1n) is 9.09. The number of hydrogen-bond donors (Lipinski definition) is 1. The number of ether oxygens (including phenoxy) is 2. The Bertz CT molecular complexity index is 572. The highest BCUT2D eigenvalue weighted by Gasteiger charge is 2.32. The maximum atomic E-state index is 12.6. The van der Waals surface area contributed by atoms with Crippen molar-refractivity contribution in [3.63, 3.8) is 0 Å². The summed E-state index contributed by atoms with van der Waals surface area (Å²) in [6.07, 6.45) is 2.76. The number of nitrogens with zero attached hydrogens (tertiary/aromatic N) is 2. The first-order chi connectivity index (χ1) is 11.9. The van der Waals surface area contributed by atoms with Crippen LogP contribution in [0.1, 0.15) is 41.9 Å². The standard InChI is InChI=1S/C18H29N3O3S/c1-18(2,3)17-20-11-15(25-17)16(22)19-10-14(13-4-7-24-12-13)21-5-8-23-9-6-21/h11,13-14H,4-10,12H2,1-3H3,(H,19,22). The van der Waals surface area contributed by atoms with E-state index in [1.807, 2.05) is 0 Å². The third-order valence-electron chi connectivity index (χ3n) is 4.87. The molecule has 1 aromatic heterocycles. The van der Waals surface area contributed by atoms with Gasteiger partial charge in [-0.15, -0.1) is 11.3 Å². The zero-order valence-corrected chi connectivity index (χ0v) is 16.2. The predicted molar refractivity (Wildman–Crippen MR) is 98.3 cm³/mol. The molecule has 2 aliphatic rings. The van der Waals surface area contributed by atoms with Gasteiger partial charge in [0.05, 0.1) is 31.0 Å². The molecule has 7 heteroatoms. The highest BCUT2D eigenvalue weighted by Crippen LogP contribution is 2.27. The summed E-state index contributed by atoms with van der Waals surface area (Å²) in [5.41, 5.74) is -0.0271. The van der Waals surface area contributed by atoms with Gasteiger partial charge in [0.2, 0.25) is 0 Å². The molecule has 0 spiro atoms. The van der Waals surface area contributed by atoms with Crippen molar-refractivity contribution in [2.45, 2.75) is 38.6 Å². The van der Waals surface area contributed by atoms with Crippen LogP contribution in [-0.4, -0.2) is 67.9 Å². The molecule has 1 amide bonds. The number of hydrogen-bond acceptors (Lipinski definition) is 6. The SMILES string of the molecule is CC(C)(C)c1ncc(C(=O)NCC(C2CCOC2)N2CCOCC2)s1. The Morgan fingerprint density at radius 2 is 2.12 bits per heavy atom. The van der Waals surface area contributed by atoms with E-state index in [4.69, 9.17) is 9.47 Å². The maximum Gasteiger partial charge on any atom is 0.263 e. The molecule has 0 aromatic carbocycles. The fourth-order valence-corrected chi connectivity index (χ4v) is 4.26. The summed E-state index contributed by atoms with van der Waals surface area (Å²) in [7, 11) is 0. The summed E-state index contributed by atoms with van der Waals surface area (Å²) in [6, 6.07) is 0.311. The van der Waals surface area contributed by atoms with Crippen LogP contribution in [0, 0.1) is 5.92 Å². The first-order valence-corrected chi connectivity index (χ1v) is 9.91. The van der Waals surface area contributed by atoms with Crippen molar-refractivity contribution in [2.75, 3.05) is 46.1 Å². The molecule has 6 nitrogen and oxygen atoms in total. The van der Waals surface area contributed by atoms with Crippen molar-refractivity contribution in [3.05, 3.63) is 16.1 Å². The van der Waals surface area contributed by atoms with Gasteiger partial charge in [0.15, 0.2) is 0 Å². The number of nitrogens with one attached hydrogen (secondary N) is 1. The van der Waals surface area contributed by atoms with E-state index in [0.717, 1.165) is 50.9 Å². The van der Waals surface area contributed by atoms with E-state index in [9.17, 15) is 4.79 Å². The Labute approximate surface area is 153 Å². The van der Waals surface area contributed by atoms with Gasteiger partial charge in [-0.2, -0.15) is 0 Å². The molecule has 1 aromatic rings. The van der Waals surface area contributed by atoms with Crippen LogP contribution in [0.4, 0.5) is 0 Å². The highest BCUT2D eigenvalue weighted by molar-refractivity contribution is 7.13. The normalized spacial score (nSPS) is 23.6. The van der Waals surface area contributed by atoms with E-state index in [1.165, 1.54) is 11.3 Å². The molecule has 25 heavy (non-hydrogen) atoms. The summed E-state index contributed by atoms with van der Waals surface area (Å²) in [5.74, 6) is 0.454. The van der Waals surface area contributed by atoms with Gasteiger partial charge in [-0.1, -0.05) is 20.8 Å². The molecule has 3 rings (SSSR count). The minimum atomic E-state index is -0.0271. The predicted octanol–water partition coefficient (Wildman–Crippen LogP) is 1.91. The molecule has 0 bridgehead atoms. The van der Waals surface area contributed by atoms with E-state index < -0.39 is 0 Å². The van der Waals surface area contributed by atoms with Gasteiger partial charge < -0.3 is 14.8 Å². The smallest absolute Gasteiger partial charge is 0.263 e. The number of amides is 1. The van der Waals surface area contributed by atoms with E-state index in [-0.39, 0.29) is 11.3 Å². The second-order valence-corrected chi connectivity index (χ2v) is 8.86. The highest BCUT2D eigenvalue weighted by atomic mass is 32.1. The number of carbonyl (C=O) groups is 1. The van der Waals surface area contributed by atoms with Gasteiger partial charge in [0.1, 0.15) is 4.88 Å². The number of thiazole rings is 1. The summed E-state index contributed by atoms with van der Waals surface area (Å²) < 4.78 is 11.1. The Morgan fingerprint density at radius 3 is 2.72 bits per heavy atom. The first kappa shape index (κ1) is 18.8. The zero-order chi connectivity index (χ0) is 17.9. The molecule has 3 heterocycles. The fraction of sp³-hybridized carbons (Fsp3) is 0.778. The Hall–Kier alpha value is -1.02. The monoisotopic (exact) mass is 367 g/mol. The molecule has 140 valence electrons. The minimum absolute atomic E-state index is 0.0230. The second kappa shape index (κ2) is 8.12. The lowest BCUT2D eigenvalue weighted by Crippen LogP contribution is -2.52. The van der Waals surface area contributed by atoms with Crippen LogP contribution in [-0.2, 0) is 14.9 Å². The summed E-state index contributed by atoms with van der Waals surface area (Å²) >= 11 is 1.49. The Morgan fingerprint density at radius 1 is 1.36 bits per heavy atom. The molecular weight excluding hydrogens is 338 g/mol. The Balaban J connectivity index is 1.61. The molecular formula is C18H29N3O3S. The van der Waals surface area contributed by atoms with Crippen LogP contribution in [0.3, 0.4) is 0 Å². The van der Waals surface area contributed by atoms with E-state index in [1.54, 1.807) is 6.20 Å². The van der Waals surface area contributed by atoms with Crippen LogP contribution in [0.15, 0.2) is 6.20 Å². The second-order valence-electron chi connectivity index (χ2n) is 7.83. The topological polar surface area (TPSA) is 63.7 Å². The van der Waals surface area contributed by atoms with Crippen LogP contribution in [0.25, 0.3) is 0 Å². The van der Waals surface area contributed by atoms with Crippen molar-refractivity contribution in [1.82, 2.24) is 15.2 Å². The third-order valence-corrected chi connectivity index (χ3v) is 6.29. The lowest BCUT2D eigenvalue weighted by molar-refractivity contribution is 0.00167. The van der Waals surface area contributed by atoms with Crippen LogP contribution < -0.4 is 5.32 Å². The summed E-state index contributed by atoms with van der Waals surface area (Å²) in [6.45, 7) is 12.0. The molecule has 2 atom stereocenters. The number of aromatic nitrogens is 1. The molecule has 2 unspecified atom stereocenters. The van der Waals surface area contributed by atoms with E-state index >= 15 is 0 Å². The molecule has 1 N–H and O–H groups in total. The quantitative estimate of drug-likeness (QED) is 0.861. The minimum Gasteiger partial charge on any atom is -0.381 e. The lowest BCUT2D eigenvalue weighted by atomic mass is 9.97. The number of rotatable bonds is 5. The van der Waals surface area contributed by atoms with Gasteiger partial charge in [0, 0.05) is 43.6 Å². The average molecular weight is 368 g/mol. The number of morpholine rings is 1. The van der Waals surface area contributed by atoms with Crippen molar-refractivity contribution in [2.24, 2.45) is 5.92 Å². The molecule has 2 fully saturated rings. The summed E-state index contributed by atoms with van der Waals surface area (Å²) in [5, 5.41) is 4.12. The number of carbonyl (C=O) groups excluding carboxylic acids is 1.